The van der Waals surface area contributed by atoms with Crippen LogP contribution in [0, 0.1) is 0 Å². The molecule has 0 saturated carbocycles. The van der Waals surface area contributed by atoms with Crippen LogP contribution in [0.1, 0.15) is 25.0 Å². The molecule has 0 aromatic heterocycles. The van der Waals surface area contributed by atoms with Gasteiger partial charge in [-0.25, -0.2) is 0 Å². The lowest BCUT2D eigenvalue weighted by Gasteiger charge is -2.30. The maximum atomic E-state index is 7.35. The highest BCUT2D eigenvalue weighted by Gasteiger charge is 2.36. The molecule has 0 bridgehead atoms. The topological polar surface area (TPSA) is 12.5 Å². The molecule has 0 atom stereocenters. The summed E-state index contributed by atoms with van der Waals surface area (Å²) >= 11 is 0. The average molecular weight is 730 g/mol. The van der Waals surface area contributed by atoms with Gasteiger partial charge in [0, 0.05) is 27.9 Å². The van der Waals surface area contributed by atoms with Gasteiger partial charge in [-0.2, -0.15) is 0 Å². The Morgan fingerprint density at radius 3 is 1.75 bits per heavy atom. The van der Waals surface area contributed by atoms with E-state index in [1.165, 1.54) is 44.3 Å². The fraction of sp³-hybridized carbons (Fsp3) is 0.0545. The van der Waals surface area contributed by atoms with E-state index in [2.05, 4.69) is 219 Å². The summed E-state index contributed by atoms with van der Waals surface area (Å²) in [7, 11) is 0. The Morgan fingerprint density at radius 2 is 0.965 bits per heavy atom. The summed E-state index contributed by atoms with van der Waals surface area (Å²) in [6.07, 6.45) is 0. The first kappa shape index (κ1) is 33.2. The summed E-state index contributed by atoms with van der Waals surface area (Å²) in [5, 5.41) is 2.33. The predicted octanol–water partition coefficient (Wildman–Crippen LogP) is 15.4. The van der Waals surface area contributed by atoms with Gasteiger partial charge in [-0.15, -0.1) is 0 Å². The molecule has 0 unspecified atom stereocenters. The Hall–Kier alpha value is -7.16. The normalized spacial score (nSPS) is 13.0. The lowest BCUT2D eigenvalue weighted by molar-refractivity contribution is 0.489. The van der Waals surface area contributed by atoms with Crippen LogP contribution in [-0.2, 0) is 5.41 Å². The number of para-hydroxylation sites is 1. The lowest BCUT2D eigenvalue weighted by atomic mass is 9.82. The Morgan fingerprint density at radius 1 is 0.368 bits per heavy atom. The second-order valence-electron chi connectivity index (χ2n) is 15.7. The van der Waals surface area contributed by atoms with Crippen LogP contribution in [0.4, 0.5) is 17.1 Å². The number of anilines is 3. The molecule has 1 aliphatic carbocycles. The summed E-state index contributed by atoms with van der Waals surface area (Å²) in [5.74, 6) is 1.67. The van der Waals surface area contributed by atoms with Crippen molar-refractivity contribution < 1.29 is 4.74 Å². The van der Waals surface area contributed by atoms with Crippen LogP contribution in [0.25, 0.3) is 66.4 Å². The summed E-state index contributed by atoms with van der Waals surface area (Å²) < 4.78 is 7.35. The van der Waals surface area contributed by atoms with Crippen LogP contribution in [0.15, 0.2) is 200 Å². The van der Waals surface area contributed by atoms with E-state index < -0.39 is 0 Å². The summed E-state index contributed by atoms with van der Waals surface area (Å²) in [5.41, 5.74) is 17.4. The number of hydrogen-bond acceptors (Lipinski definition) is 2. The van der Waals surface area contributed by atoms with Crippen LogP contribution >= 0.6 is 0 Å². The maximum absolute atomic E-state index is 7.35. The van der Waals surface area contributed by atoms with Gasteiger partial charge in [0.2, 0.25) is 0 Å². The third kappa shape index (κ3) is 5.40. The van der Waals surface area contributed by atoms with Crippen molar-refractivity contribution in [1.29, 1.82) is 0 Å². The van der Waals surface area contributed by atoms with Crippen LogP contribution in [0.3, 0.4) is 0 Å². The molecule has 0 saturated heterocycles. The Bertz CT molecular complexity index is 3020. The van der Waals surface area contributed by atoms with E-state index in [1.807, 2.05) is 0 Å². The number of fused-ring (bicyclic) bond motifs is 9. The number of ether oxygens (including phenoxy) is 1. The second kappa shape index (κ2) is 13.0. The first-order chi connectivity index (χ1) is 28.0. The lowest BCUT2D eigenvalue weighted by Crippen LogP contribution is -2.17. The first-order valence-corrected chi connectivity index (χ1v) is 19.8. The standard InChI is InChI=1S/C55H39NO/c1-55(2)50-25-12-11-23-45(50)46-30-28-43(35-51(46)55)56(42-22-13-21-38(31-42)36-15-5-3-6-16-36)52-26-14-24-47-48-32-41(37-17-7-4-8-18-37)27-29-44(48)49-33-39-19-9-10-20-40(39)34-53(49)57-54(47)52/h3-35H,1-2H3. The average Bonchev–Trinajstić information content (AvgIpc) is 3.40. The van der Waals surface area contributed by atoms with Gasteiger partial charge in [0.25, 0.3) is 0 Å². The molecule has 0 fully saturated rings. The van der Waals surface area contributed by atoms with Crippen molar-refractivity contribution in [3.63, 3.8) is 0 Å². The zero-order chi connectivity index (χ0) is 38.1. The summed E-state index contributed by atoms with van der Waals surface area (Å²) in [6, 6.07) is 72.6. The highest BCUT2D eigenvalue weighted by atomic mass is 16.5. The van der Waals surface area contributed by atoms with Crippen molar-refractivity contribution in [2.75, 3.05) is 4.90 Å². The molecule has 0 amide bonds. The van der Waals surface area contributed by atoms with Crippen molar-refractivity contribution in [2.45, 2.75) is 19.3 Å². The van der Waals surface area contributed by atoms with Crippen molar-refractivity contribution >= 4 is 27.8 Å². The van der Waals surface area contributed by atoms with Gasteiger partial charge in [-0.05, 0) is 115 Å². The molecule has 0 spiro atoms. The Balaban J connectivity index is 1.18. The van der Waals surface area contributed by atoms with Crippen molar-refractivity contribution in [1.82, 2.24) is 0 Å². The summed E-state index contributed by atoms with van der Waals surface area (Å²) in [4.78, 5) is 2.40. The number of hydrogen-bond donors (Lipinski definition) is 0. The highest BCUT2D eigenvalue weighted by Crippen LogP contribution is 2.55. The molecule has 57 heavy (non-hydrogen) atoms. The van der Waals surface area contributed by atoms with E-state index in [0.29, 0.717) is 0 Å². The van der Waals surface area contributed by atoms with Crippen molar-refractivity contribution in [2.24, 2.45) is 0 Å². The van der Waals surface area contributed by atoms with E-state index in [1.54, 1.807) is 0 Å². The van der Waals surface area contributed by atoms with Crippen LogP contribution in [0.5, 0.6) is 11.5 Å². The first-order valence-electron chi connectivity index (χ1n) is 19.8. The zero-order valence-electron chi connectivity index (χ0n) is 31.9. The minimum atomic E-state index is -0.156. The van der Waals surface area contributed by atoms with Gasteiger partial charge >= 0.3 is 0 Å². The van der Waals surface area contributed by atoms with Gasteiger partial charge in [-0.1, -0.05) is 166 Å². The molecule has 9 aromatic carbocycles. The van der Waals surface area contributed by atoms with Crippen LogP contribution in [-0.4, -0.2) is 0 Å². The minimum Gasteiger partial charge on any atom is -0.454 e. The van der Waals surface area contributed by atoms with Gasteiger partial charge in [0.1, 0.15) is 5.75 Å². The smallest absolute Gasteiger partial charge is 0.159 e. The van der Waals surface area contributed by atoms with Crippen molar-refractivity contribution in [3.8, 4) is 67.1 Å². The van der Waals surface area contributed by atoms with Gasteiger partial charge < -0.3 is 9.64 Å². The predicted molar refractivity (Wildman–Crippen MR) is 238 cm³/mol. The monoisotopic (exact) mass is 729 g/mol. The molecule has 1 heterocycles. The fourth-order valence-electron chi connectivity index (χ4n) is 9.17. The number of nitrogens with zero attached hydrogens (tertiary/aromatic N) is 1. The largest absolute Gasteiger partial charge is 0.454 e. The molecule has 270 valence electrons. The third-order valence-corrected chi connectivity index (χ3v) is 12.0. The molecular formula is C55H39NO. The van der Waals surface area contributed by atoms with Crippen LogP contribution < -0.4 is 9.64 Å². The maximum Gasteiger partial charge on any atom is 0.159 e. The third-order valence-electron chi connectivity index (χ3n) is 12.0. The Kier molecular flexibility index (Phi) is 7.55. The van der Waals surface area contributed by atoms with E-state index in [0.717, 1.165) is 61.8 Å². The molecule has 9 aromatic rings. The van der Waals surface area contributed by atoms with E-state index in [-0.39, 0.29) is 5.41 Å². The number of benzene rings is 9. The zero-order valence-corrected chi connectivity index (χ0v) is 31.9. The Labute approximate surface area is 333 Å². The van der Waals surface area contributed by atoms with E-state index in [4.69, 9.17) is 4.74 Å². The molecule has 2 nitrogen and oxygen atoms in total. The van der Waals surface area contributed by atoms with Gasteiger partial charge in [-0.3, -0.25) is 0 Å². The number of rotatable bonds is 5. The molecule has 11 rings (SSSR count). The van der Waals surface area contributed by atoms with Gasteiger partial charge in [0.15, 0.2) is 5.75 Å². The van der Waals surface area contributed by atoms with Crippen LogP contribution in [0.2, 0.25) is 0 Å². The summed E-state index contributed by atoms with van der Waals surface area (Å²) in [6.45, 7) is 4.70. The molecule has 1 aliphatic heterocycles. The minimum absolute atomic E-state index is 0.156. The van der Waals surface area contributed by atoms with E-state index in [9.17, 15) is 0 Å². The SMILES string of the molecule is CC1(C)c2ccccc2-c2ccc(N(c3cccc(-c4ccccc4)c3)c3cccc4c3Oc3cc5ccccc5cc3-c3ccc(-c5ccccc5)cc3-4)cc21. The van der Waals surface area contributed by atoms with Gasteiger partial charge in [0.05, 0.1) is 5.69 Å². The molecule has 0 N–H and O–H groups in total. The van der Waals surface area contributed by atoms with E-state index >= 15 is 0 Å². The fourth-order valence-corrected chi connectivity index (χ4v) is 9.17. The molecule has 2 heteroatoms. The molecule has 0 radical (unpaired) electrons. The van der Waals surface area contributed by atoms with Crippen molar-refractivity contribution in [3.05, 3.63) is 211 Å². The quantitative estimate of drug-likeness (QED) is 0.175. The second-order valence-corrected chi connectivity index (χ2v) is 15.7. The molecule has 2 aliphatic rings. The molecular weight excluding hydrogens is 691 g/mol. The highest BCUT2D eigenvalue weighted by molar-refractivity contribution is 6.00.